The molecule has 0 fully saturated rings. The van der Waals surface area contributed by atoms with E-state index in [0.717, 1.165) is 35.4 Å². The van der Waals surface area contributed by atoms with Crippen LogP contribution in [0.15, 0.2) is 78.9 Å². The van der Waals surface area contributed by atoms with Gasteiger partial charge in [-0.15, -0.1) is 0 Å². The van der Waals surface area contributed by atoms with Gasteiger partial charge in [0.2, 0.25) is 0 Å². The highest BCUT2D eigenvalue weighted by Gasteiger charge is 2.07. The molecule has 0 saturated carbocycles. The molecule has 2 N–H and O–H groups in total. The summed E-state index contributed by atoms with van der Waals surface area (Å²) in [4.78, 5) is 0. The summed E-state index contributed by atoms with van der Waals surface area (Å²) >= 11 is 0. The van der Waals surface area contributed by atoms with Crippen LogP contribution >= 0.6 is 0 Å². The smallest absolute Gasteiger partial charge is 0.127 e. The average Bonchev–Trinajstić information content (AvgIpc) is 2.73. The quantitative estimate of drug-likeness (QED) is 0.547. The van der Waals surface area contributed by atoms with Gasteiger partial charge in [0.25, 0.3) is 0 Å². The van der Waals surface area contributed by atoms with Gasteiger partial charge in [-0.1, -0.05) is 72.8 Å². The van der Waals surface area contributed by atoms with Crippen LogP contribution in [0.5, 0.6) is 5.75 Å². The zero-order valence-corrected chi connectivity index (χ0v) is 15.8. The summed E-state index contributed by atoms with van der Waals surface area (Å²) in [5.41, 5.74) is 4.50. The molecule has 3 aromatic carbocycles. The Morgan fingerprint density at radius 2 is 1.59 bits per heavy atom. The predicted molar refractivity (Wildman–Crippen MR) is 111 cm³/mol. The second-order valence-corrected chi connectivity index (χ2v) is 6.51. The van der Waals surface area contributed by atoms with Gasteiger partial charge >= 0.3 is 0 Å². The minimum absolute atomic E-state index is 0.469. The van der Waals surface area contributed by atoms with Crippen molar-refractivity contribution in [3.63, 3.8) is 0 Å². The minimum atomic E-state index is -0.469. The number of aliphatic hydroxyl groups is 1. The Kier molecular flexibility index (Phi) is 7.03. The summed E-state index contributed by atoms with van der Waals surface area (Å²) in [5.74, 6) is 0.921. The first-order valence-corrected chi connectivity index (χ1v) is 9.53. The summed E-state index contributed by atoms with van der Waals surface area (Å²) < 4.78 is 5.73. The van der Waals surface area contributed by atoms with Crippen molar-refractivity contribution < 1.29 is 9.84 Å². The third-order valence-electron chi connectivity index (χ3n) is 4.56. The molecular formula is C24H27NO2. The molecule has 1 unspecified atom stereocenters. The molecule has 3 aromatic rings. The molecule has 0 amide bonds. The van der Waals surface area contributed by atoms with E-state index in [0.29, 0.717) is 13.2 Å². The van der Waals surface area contributed by atoms with Crippen LogP contribution in [0, 0.1) is 0 Å². The van der Waals surface area contributed by atoms with Crippen LogP contribution in [0.3, 0.4) is 0 Å². The van der Waals surface area contributed by atoms with Crippen molar-refractivity contribution in [2.24, 2.45) is 0 Å². The fourth-order valence-electron chi connectivity index (χ4n) is 3.10. The van der Waals surface area contributed by atoms with Gasteiger partial charge < -0.3 is 15.2 Å². The molecule has 0 heterocycles. The fraction of sp³-hybridized carbons (Fsp3) is 0.250. The van der Waals surface area contributed by atoms with Crippen LogP contribution in [0.1, 0.15) is 24.2 Å². The van der Waals surface area contributed by atoms with E-state index >= 15 is 0 Å². The Bertz CT molecular complexity index is 815. The monoisotopic (exact) mass is 361 g/mol. The van der Waals surface area contributed by atoms with Gasteiger partial charge in [0.1, 0.15) is 5.75 Å². The summed E-state index contributed by atoms with van der Waals surface area (Å²) in [6, 6.07) is 26.5. The maximum atomic E-state index is 10.2. The Hall–Kier alpha value is -2.62. The summed E-state index contributed by atoms with van der Waals surface area (Å²) in [7, 11) is 0. The van der Waals surface area contributed by atoms with E-state index in [9.17, 15) is 5.11 Å². The SMILES string of the molecule is CCOc1ccccc1-c1ccc(CCNCC(O)c2ccccc2)cc1. The number of hydrogen-bond acceptors (Lipinski definition) is 3. The zero-order chi connectivity index (χ0) is 18.9. The lowest BCUT2D eigenvalue weighted by atomic mass is 10.0. The molecule has 0 saturated heterocycles. The summed E-state index contributed by atoms with van der Waals surface area (Å²) in [5, 5.41) is 13.5. The van der Waals surface area contributed by atoms with Crippen molar-refractivity contribution in [3.8, 4) is 16.9 Å². The molecule has 0 spiro atoms. The maximum Gasteiger partial charge on any atom is 0.127 e. The van der Waals surface area contributed by atoms with Gasteiger partial charge in [0.15, 0.2) is 0 Å². The van der Waals surface area contributed by atoms with Crippen molar-refractivity contribution in [1.82, 2.24) is 5.32 Å². The third-order valence-corrected chi connectivity index (χ3v) is 4.56. The number of rotatable bonds is 9. The molecule has 27 heavy (non-hydrogen) atoms. The van der Waals surface area contributed by atoms with Crippen molar-refractivity contribution in [1.29, 1.82) is 0 Å². The molecule has 3 rings (SSSR count). The molecule has 3 nitrogen and oxygen atoms in total. The van der Waals surface area contributed by atoms with Gasteiger partial charge in [-0.05, 0) is 42.6 Å². The van der Waals surface area contributed by atoms with Crippen molar-refractivity contribution in [2.75, 3.05) is 19.7 Å². The third kappa shape index (κ3) is 5.43. The van der Waals surface area contributed by atoms with E-state index in [-0.39, 0.29) is 0 Å². The topological polar surface area (TPSA) is 41.5 Å². The van der Waals surface area contributed by atoms with E-state index in [1.54, 1.807) is 0 Å². The predicted octanol–water partition coefficient (Wildman–Crippen LogP) is 4.62. The molecule has 0 aliphatic carbocycles. The lowest BCUT2D eigenvalue weighted by Gasteiger charge is -2.13. The molecule has 3 heteroatoms. The number of para-hydroxylation sites is 1. The number of aliphatic hydroxyl groups excluding tert-OH is 1. The Morgan fingerprint density at radius 3 is 2.33 bits per heavy atom. The van der Waals surface area contributed by atoms with Crippen LogP contribution in [-0.2, 0) is 6.42 Å². The average molecular weight is 361 g/mol. The van der Waals surface area contributed by atoms with Crippen LogP contribution < -0.4 is 10.1 Å². The molecule has 0 aromatic heterocycles. The Labute approximate surface area is 161 Å². The van der Waals surface area contributed by atoms with Gasteiger partial charge in [-0.2, -0.15) is 0 Å². The second kappa shape index (κ2) is 9.91. The molecule has 140 valence electrons. The van der Waals surface area contributed by atoms with Gasteiger partial charge in [0.05, 0.1) is 12.7 Å². The molecule has 0 radical (unpaired) electrons. The lowest BCUT2D eigenvalue weighted by molar-refractivity contribution is 0.175. The second-order valence-electron chi connectivity index (χ2n) is 6.51. The van der Waals surface area contributed by atoms with Crippen molar-refractivity contribution >= 4 is 0 Å². The first-order chi connectivity index (χ1) is 13.3. The standard InChI is InChI=1S/C24H27NO2/c1-2-27-24-11-7-6-10-22(24)20-14-12-19(13-15-20)16-17-25-18-23(26)21-8-4-3-5-9-21/h3-15,23,25-26H,2,16-18H2,1H3. The number of nitrogens with one attached hydrogen (secondary N) is 1. The zero-order valence-electron chi connectivity index (χ0n) is 15.8. The van der Waals surface area contributed by atoms with Crippen molar-refractivity contribution in [2.45, 2.75) is 19.4 Å². The van der Waals surface area contributed by atoms with Crippen LogP contribution in [0.25, 0.3) is 11.1 Å². The number of ether oxygens (including phenoxy) is 1. The first-order valence-electron chi connectivity index (χ1n) is 9.53. The summed E-state index contributed by atoms with van der Waals surface area (Å²) in [6.07, 6.45) is 0.457. The van der Waals surface area contributed by atoms with E-state index in [2.05, 4.69) is 35.6 Å². The van der Waals surface area contributed by atoms with E-state index in [1.807, 2.05) is 55.5 Å². The van der Waals surface area contributed by atoms with Gasteiger partial charge in [-0.3, -0.25) is 0 Å². The molecule has 0 aliphatic heterocycles. The number of benzene rings is 3. The Balaban J connectivity index is 1.51. The molecule has 1 atom stereocenters. The maximum absolute atomic E-state index is 10.2. The van der Waals surface area contributed by atoms with Crippen LogP contribution in [0.2, 0.25) is 0 Å². The van der Waals surface area contributed by atoms with E-state index in [4.69, 9.17) is 4.74 Å². The van der Waals surface area contributed by atoms with Gasteiger partial charge in [-0.25, -0.2) is 0 Å². The van der Waals surface area contributed by atoms with E-state index < -0.39 is 6.10 Å². The number of hydrogen-bond donors (Lipinski definition) is 2. The van der Waals surface area contributed by atoms with Gasteiger partial charge in [0, 0.05) is 12.1 Å². The van der Waals surface area contributed by atoms with Crippen molar-refractivity contribution in [3.05, 3.63) is 90.0 Å². The molecule has 0 bridgehead atoms. The molecular weight excluding hydrogens is 334 g/mol. The van der Waals surface area contributed by atoms with E-state index in [1.165, 1.54) is 5.56 Å². The highest BCUT2D eigenvalue weighted by atomic mass is 16.5. The summed E-state index contributed by atoms with van der Waals surface area (Å²) in [6.45, 7) is 4.06. The normalized spacial score (nSPS) is 11.9. The van der Waals surface area contributed by atoms with Crippen LogP contribution in [-0.4, -0.2) is 24.8 Å². The minimum Gasteiger partial charge on any atom is -0.493 e. The first kappa shape index (κ1) is 19.2. The highest BCUT2D eigenvalue weighted by Crippen LogP contribution is 2.29. The fourth-order valence-corrected chi connectivity index (χ4v) is 3.10. The Morgan fingerprint density at radius 1 is 0.889 bits per heavy atom. The molecule has 0 aliphatic rings. The lowest BCUT2D eigenvalue weighted by Crippen LogP contribution is -2.23. The highest BCUT2D eigenvalue weighted by molar-refractivity contribution is 5.70. The largest absolute Gasteiger partial charge is 0.493 e. The van der Waals surface area contributed by atoms with Crippen LogP contribution in [0.4, 0.5) is 0 Å².